The van der Waals surface area contributed by atoms with Gasteiger partial charge < -0.3 is 5.73 Å². The number of nitrogens with two attached hydrogens (primary N) is 1. The van der Waals surface area contributed by atoms with Crippen LogP contribution >= 0.6 is 0 Å². The van der Waals surface area contributed by atoms with Gasteiger partial charge in [0.15, 0.2) is 0 Å². The molecule has 3 rings (SSSR count). The van der Waals surface area contributed by atoms with Crippen LogP contribution in [0.3, 0.4) is 0 Å². The number of fused-ring (bicyclic) bond motifs is 1. The molecule has 19 heavy (non-hydrogen) atoms. The minimum atomic E-state index is 0.478. The monoisotopic (exact) mass is 248 g/mol. The van der Waals surface area contributed by atoms with Crippen LogP contribution in [0.5, 0.6) is 0 Å². The molecule has 0 radical (unpaired) electrons. The summed E-state index contributed by atoms with van der Waals surface area (Å²) >= 11 is 0. The van der Waals surface area contributed by atoms with Gasteiger partial charge in [0.05, 0.1) is 5.69 Å². The van der Waals surface area contributed by atoms with Gasteiger partial charge in [0.1, 0.15) is 0 Å². The summed E-state index contributed by atoms with van der Waals surface area (Å²) in [6, 6.07) is 19.0. The molecule has 0 aliphatic heterocycles. The number of pyridine rings is 1. The normalized spacial score (nSPS) is 10.8. The lowest BCUT2D eigenvalue weighted by Crippen LogP contribution is -2.00. The zero-order valence-corrected chi connectivity index (χ0v) is 10.7. The van der Waals surface area contributed by atoms with E-state index in [1.165, 1.54) is 21.9 Å². The van der Waals surface area contributed by atoms with E-state index in [0.29, 0.717) is 6.54 Å². The third kappa shape index (κ3) is 2.49. The van der Waals surface area contributed by atoms with Crippen molar-refractivity contribution in [1.82, 2.24) is 4.98 Å². The van der Waals surface area contributed by atoms with E-state index in [2.05, 4.69) is 47.4 Å². The fraction of sp³-hybridized carbons (Fsp3) is 0.118. The summed E-state index contributed by atoms with van der Waals surface area (Å²) in [4.78, 5) is 4.35. The number of nitrogens with zero attached hydrogens (tertiary/aromatic N) is 1. The maximum atomic E-state index is 5.76. The van der Waals surface area contributed by atoms with Crippen molar-refractivity contribution < 1.29 is 0 Å². The minimum Gasteiger partial charge on any atom is -0.325 e. The Morgan fingerprint density at radius 2 is 1.74 bits per heavy atom. The highest BCUT2D eigenvalue weighted by molar-refractivity contribution is 5.85. The zero-order chi connectivity index (χ0) is 13.1. The van der Waals surface area contributed by atoms with Crippen molar-refractivity contribution in [3.8, 4) is 0 Å². The van der Waals surface area contributed by atoms with Crippen LogP contribution < -0.4 is 5.73 Å². The smallest absolute Gasteiger partial charge is 0.0617 e. The first kappa shape index (κ1) is 11.9. The third-order valence-electron chi connectivity index (χ3n) is 3.36. The van der Waals surface area contributed by atoms with Crippen molar-refractivity contribution in [3.05, 3.63) is 77.6 Å². The molecule has 0 spiro atoms. The van der Waals surface area contributed by atoms with Crippen molar-refractivity contribution in [3.63, 3.8) is 0 Å². The van der Waals surface area contributed by atoms with Crippen molar-refractivity contribution in [2.24, 2.45) is 5.73 Å². The average molecular weight is 248 g/mol. The van der Waals surface area contributed by atoms with Crippen LogP contribution in [0.4, 0.5) is 0 Å². The Hall–Kier alpha value is -2.19. The quantitative estimate of drug-likeness (QED) is 0.772. The summed E-state index contributed by atoms with van der Waals surface area (Å²) in [6.07, 6.45) is 2.76. The van der Waals surface area contributed by atoms with Gasteiger partial charge in [-0.05, 0) is 35.1 Å². The van der Waals surface area contributed by atoms with E-state index in [1.54, 1.807) is 0 Å². The van der Waals surface area contributed by atoms with Gasteiger partial charge in [-0.1, -0.05) is 42.5 Å². The van der Waals surface area contributed by atoms with Crippen LogP contribution in [0.2, 0.25) is 0 Å². The van der Waals surface area contributed by atoms with E-state index in [9.17, 15) is 0 Å². The molecule has 2 heteroatoms. The molecule has 0 atom stereocenters. The lowest BCUT2D eigenvalue weighted by molar-refractivity contribution is 1.01. The first-order chi connectivity index (χ1) is 9.36. The molecule has 94 valence electrons. The number of aromatic nitrogens is 1. The molecule has 0 aliphatic rings. The highest BCUT2D eigenvalue weighted by Gasteiger charge is 2.03. The van der Waals surface area contributed by atoms with Gasteiger partial charge >= 0.3 is 0 Å². The second-order valence-corrected chi connectivity index (χ2v) is 4.68. The Labute approximate surface area is 112 Å². The second-order valence-electron chi connectivity index (χ2n) is 4.68. The van der Waals surface area contributed by atoms with E-state index < -0.39 is 0 Å². The predicted molar refractivity (Wildman–Crippen MR) is 78.9 cm³/mol. The van der Waals surface area contributed by atoms with E-state index in [1.807, 2.05) is 18.3 Å². The van der Waals surface area contributed by atoms with E-state index in [0.717, 1.165) is 12.1 Å². The largest absolute Gasteiger partial charge is 0.325 e. The molecule has 1 heterocycles. The average Bonchev–Trinajstić information content (AvgIpc) is 2.47. The first-order valence-electron chi connectivity index (χ1n) is 6.47. The second kappa shape index (κ2) is 5.21. The molecule has 3 aromatic rings. The van der Waals surface area contributed by atoms with Crippen molar-refractivity contribution in [1.29, 1.82) is 0 Å². The molecular weight excluding hydrogens is 232 g/mol. The topological polar surface area (TPSA) is 38.9 Å². The number of rotatable bonds is 3. The predicted octanol–water partition coefficient (Wildman–Crippen LogP) is 3.28. The van der Waals surface area contributed by atoms with Gasteiger partial charge in [-0.15, -0.1) is 0 Å². The summed E-state index contributed by atoms with van der Waals surface area (Å²) < 4.78 is 0. The Bertz CT molecular complexity index is 690. The molecule has 0 aliphatic carbocycles. The SMILES string of the molecule is NCc1nccc2ccc(Cc3ccccc3)cc12. The van der Waals surface area contributed by atoms with Crippen LogP contribution in [0.15, 0.2) is 60.8 Å². The molecule has 0 saturated heterocycles. The molecule has 2 nitrogen and oxygen atoms in total. The van der Waals surface area contributed by atoms with Crippen molar-refractivity contribution in [2.75, 3.05) is 0 Å². The number of hydrogen-bond donors (Lipinski definition) is 1. The maximum Gasteiger partial charge on any atom is 0.0617 e. The van der Waals surface area contributed by atoms with Crippen molar-refractivity contribution >= 4 is 10.8 Å². The summed E-state index contributed by atoms with van der Waals surface area (Å²) in [7, 11) is 0. The lowest BCUT2D eigenvalue weighted by Gasteiger charge is -2.07. The van der Waals surface area contributed by atoms with Gasteiger partial charge in [-0.25, -0.2) is 0 Å². The van der Waals surface area contributed by atoms with E-state index in [-0.39, 0.29) is 0 Å². The Balaban J connectivity index is 2.01. The minimum absolute atomic E-state index is 0.478. The van der Waals surface area contributed by atoms with Crippen LogP contribution in [0, 0.1) is 0 Å². The standard InChI is InChI=1S/C17H16N2/c18-12-17-16-11-14(6-7-15(16)8-9-19-17)10-13-4-2-1-3-5-13/h1-9,11H,10,12,18H2. The Morgan fingerprint density at radius 1 is 0.895 bits per heavy atom. The van der Waals surface area contributed by atoms with Gasteiger partial charge in [-0.3, -0.25) is 4.98 Å². The Morgan fingerprint density at radius 3 is 2.53 bits per heavy atom. The molecule has 0 unspecified atom stereocenters. The highest BCUT2D eigenvalue weighted by Crippen LogP contribution is 2.20. The van der Waals surface area contributed by atoms with Gasteiger partial charge in [0.2, 0.25) is 0 Å². The molecular formula is C17H16N2. The maximum absolute atomic E-state index is 5.76. The van der Waals surface area contributed by atoms with Gasteiger partial charge in [0.25, 0.3) is 0 Å². The van der Waals surface area contributed by atoms with Crippen LogP contribution in [-0.4, -0.2) is 4.98 Å². The first-order valence-corrected chi connectivity index (χ1v) is 6.47. The third-order valence-corrected chi connectivity index (χ3v) is 3.36. The lowest BCUT2D eigenvalue weighted by atomic mass is 10.0. The van der Waals surface area contributed by atoms with E-state index >= 15 is 0 Å². The highest BCUT2D eigenvalue weighted by atomic mass is 14.7. The summed E-state index contributed by atoms with van der Waals surface area (Å²) in [5.74, 6) is 0. The molecule has 0 saturated carbocycles. The van der Waals surface area contributed by atoms with Crippen LogP contribution in [0.25, 0.3) is 10.8 Å². The molecule has 1 aromatic heterocycles. The van der Waals surface area contributed by atoms with Crippen LogP contribution in [-0.2, 0) is 13.0 Å². The molecule has 0 bridgehead atoms. The van der Waals surface area contributed by atoms with Gasteiger partial charge in [-0.2, -0.15) is 0 Å². The molecule has 2 N–H and O–H groups in total. The van der Waals surface area contributed by atoms with E-state index in [4.69, 9.17) is 5.73 Å². The summed E-state index contributed by atoms with van der Waals surface area (Å²) in [5.41, 5.74) is 9.33. The zero-order valence-electron chi connectivity index (χ0n) is 10.7. The summed E-state index contributed by atoms with van der Waals surface area (Å²) in [5, 5.41) is 2.37. The van der Waals surface area contributed by atoms with Crippen molar-refractivity contribution in [2.45, 2.75) is 13.0 Å². The van der Waals surface area contributed by atoms with Gasteiger partial charge in [0, 0.05) is 18.1 Å². The molecule has 0 fully saturated rings. The molecule has 0 amide bonds. The molecule has 2 aromatic carbocycles. The fourth-order valence-corrected chi connectivity index (χ4v) is 2.38. The Kier molecular flexibility index (Phi) is 3.25. The van der Waals surface area contributed by atoms with Crippen LogP contribution in [0.1, 0.15) is 16.8 Å². The summed E-state index contributed by atoms with van der Waals surface area (Å²) in [6.45, 7) is 0.478. The fourth-order valence-electron chi connectivity index (χ4n) is 2.38. The number of benzene rings is 2. The number of hydrogen-bond acceptors (Lipinski definition) is 2.